The average Bonchev–Trinajstić information content (AvgIpc) is 3.07. The number of methoxy groups -OCH3 is 1. The number of H-pyrrole nitrogens is 1. The van der Waals surface area contributed by atoms with E-state index in [4.69, 9.17) is 9.47 Å². The summed E-state index contributed by atoms with van der Waals surface area (Å²) in [5.41, 5.74) is 2.44. The van der Waals surface area contributed by atoms with Gasteiger partial charge in [-0.3, -0.25) is 9.20 Å². The molecule has 25 heavy (non-hydrogen) atoms. The Morgan fingerprint density at radius 2 is 2.08 bits per heavy atom. The number of hydrogen-bond acceptors (Lipinski definition) is 6. The Balaban J connectivity index is 2.04. The van der Waals surface area contributed by atoms with Gasteiger partial charge in [0.05, 0.1) is 23.7 Å². The molecule has 8 nitrogen and oxygen atoms in total. The van der Waals surface area contributed by atoms with Crippen molar-refractivity contribution in [2.24, 2.45) is 0 Å². The molecule has 0 unspecified atom stereocenters. The van der Waals surface area contributed by atoms with Crippen molar-refractivity contribution in [3.05, 3.63) is 39.4 Å². The summed E-state index contributed by atoms with van der Waals surface area (Å²) in [7, 11) is 1.35. The molecule has 0 atom stereocenters. The first-order valence-electron chi connectivity index (χ1n) is 8.18. The number of aromatic amines is 1. The normalized spacial score (nSPS) is 15.8. The van der Waals surface area contributed by atoms with Crippen molar-refractivity contribution in [1.29, 1.82) is 0 Å². The lowest BCUT2D eigenvalue weighted by molar-refractivity contribution is 0.0600. The summed E-state index contributed by atoms with van der Waals surface area (Å²) in [4.78, 5) is 27.3. The van der Waals surface area contributed by atoms with E-state index in [0.717, 1.165) is 24.2 Å². The van der Waals surface area contributed by atoms with Gasteiger partial charge >= 0.3 is 5.97 Å². The van der Waals surface area contributed by atoms with Gasteiger partial charge < -0.3 is 14.5 Å². The number of hydrogen-bond donors (Lipinski definition) is 1. The highest BCUT2D eigenvalue weighted by molar-refractivity contribution is 5.95. The number of esters is 1. The van der Waals surface area contributed by atoms with Gasteiger partial charge in [0.2, 0.25) is 5.65 Å². The molecule has 1 aliphatic rings. The Kier molecular flexibility index (Phi) is 3.76. The lowest BCUT2D eigenvalue weighted by Gasteiger charge is -2.20. The molecule has 0 aliphatic carbocycles. The Labute approximate surface area is 142 Å². The minimum Gasteiger partial charge on any atom is -0.465 e. The molecule has 1 aliphatic heterocycles. The maximum Gasteiger partial charge on any atom is 0.338 e. The highest BCUT2D eigenvalue weighted by Crippen LogP contribution is 2.28. The number of carbonyl (C=O) groups excluding carboxylic acids is 1. The van der Waals surface area contributed by atoms with Gasteiger partial charge in [-0.05, 0) is 37.5 Å². The summed E-state index contributed by atoms with van der Waals surface area (Å²) in [5, 5.41) is 8.34. The minimum absolute atomic E-state index is 0.164. The highest BCUT2D eigenvalue weighted by Gasteiger charge is 2.24. The zero-order chi connectivity index (χ0) is 17.6. The van der Waals surface area contributed by atoms with Crippen LogP contribution in [0, 0.1) is 6.92 Å². The van der Waals surface area contributed by atoms with Crippen molar-refractivity contribution in [3.63, 3.8) is 0 Å². The van der Waals surface area contributed by atoms with Crippen molar-refractivity contribution >= 4 is 22.6 Å². The Hall–Kier alpha value is -2.74. The van der Waals surface area contributed by atoms with E-state index < -0.39 is 5.97 Å². The second-order valence-electron chi connectivity index (χ2n) is 6.23. The average molecular weight is 342 g/mol. The number of rotatable bonds is 2. The van der Waals surface area contributed by atoms with Gasteiger partial charge in [-0.25, -0.2) is 4.79 Å². The van der Waals surface area contributed by atoms with E-state index in [-0.39, 0.29) is 17.1 Å². The van der Waals surface area contributed by atoms with Gasteiger partial charge in [-0.15, -0.1) is 10.2 Å². The quantitative estimate of drug-likeness (QED) is 0.710. The number of nitrogens with zero attached hydrogens (tertiary/aromatic N) is 3. The Bertz CT molecular complexity index is 1030. The molecule has 0 radical (unpaired) electrons. The predicted octanol–water partition coefficient (Wildman–Crippen LogP) is 1.56. The molecule has 2 aromatic heterocycles. The maximum absolute atomic E-state index is 12.4. The van der Waals surface area contributed by atoms with Crippen LogP contribution in [-0.2, 0) is 9.47 Å². The lowest BCUT2D eigenvalue weighted by atomic mass is 9.99. The van der Waals surface area contributed by atoms with Crippen molar-refractivity contribution < 1.29 is 14.3 Å². The van der Waals surface area contributed by atoms with Crippen molar-refractivity contribution in [3.8, 4) is 0 Å². The number of fused-ring (bicyclic) bond motifs is 3. The molecule has 130 valence electrons. The zero-order valence-corrected chi connectivity index (χ0v) is 14.0. The second-order valence-corrected chi connectivity index (χ2v) is 6.23. The number of carbonyl (C=O) groups is 1. The van der Waals surface area contributed by atoms with E-state index in [9.17, 15) is 9.59 Å². The fraction of sp³-hybridized carbons (Fsp3) is 0.412. The maximum atomic E-state index is 12.4. The van der Waals surface area contributed by atoms with Crippen molar-refractivity contribution in [1.82, 2.24) is 19.6 Å². The SMILES string of the molecule is COC(=O)c1cc2c(cc1C)[nH]c(=O)c1nnc(C3CCOCC3)n12. The summed E-state index contributed by atoms with van der Waals surface area (Å²) >= 11 is 0. The third-order valence-electron chi connectivity index (χ3n) is 4.71. The zero-order valence-electron chi connectivity index (χ0n) is 14.0. The van der Waals surface area contributed by atoms with Gasteiger partial charge in [0.15, 0.2) is 0 Å². The fourth-order valence-electron chi connectivity index (χ4n) is 3.39. The van der Waals surface area contributed by atoms with Crippen LogP contribution in [0.4, 0.5) is 0 Å². The van der Waals surface area contributed by atoms with Crippen LogP contribution in [-0.4, -0.2) is 45.9 Å². The predicted molar refractivity (Wildman–Crippen MR) is 90.0 cm³/mol. The van der Waals surface area contributed by atoms with E-state index in [0.29, 0.717) is 29.8 Å². The number of aromatic nitrogens is 4. The summed E-state index contributed by atoms with van der Waals surface area (Å²) < 4.78 is 12.0. The van der Waals surface area contributed by atoms with Gasteiger partial charge in [0.1, 0.15) is 5.82 Å². The third kappa shape index (κ3) is 2.49. The molecule has 1 fully saturated rings. The van der Waals surface area contributed by atoms with E-state index in [1.807, 2.05) is 0 Å². The van der Waals surface area contributed by atoms with Crippen LogP contribution in [0.1, 0.15) is 40.5 Å². The molecule has 1 aromatic carbocycles. The first-order valence-corrected chi connectivity index (χ1v) is 8.18. The van der Waals surface area contributed by atoms with Crippen LogP contribution >= 0.6 is 0 Å². The van der Waals surface area contributed by atoms with E-state index in [1.165, 1.54) is 7.11 Å². The molecule has 3 heterocycles. The van der Waals surface area contributed by atoms with E-state index >= 15 is 0 Å². The van der Waals surface area contributed by atoms with E-state index in [1.54, 1.807) is 23.5 Å². The molecular formula is C17H18N4O4. The summed E-state index contributed by atoms with van der Waals surface area (Å²) in [6, 6.07) is 3.50. The molecule has 4 rings (SSSR count). The van der Waals surface area contributed by atoms with Crippen LogP contribution in [0.3, 0.4) is 0 Å². The molecule has 8 heteroatoms. The molecule has 1 saturated heterocycles. The first kappa shape index (κ1) is 15.8. The molecule has 0 bridgehead atoms. The summed E-state index contributed by atoms with van der Waals surface area (Å²) in [5.74, 6) is 0.477. The van der Waals surface area contributed by atoms with Crippen LogP contribution in [0.2, 0.25) is 0 Å². The topological polar surface area (TPSA) is 98.6 Å². The van der Waals surface area contributed by atoms with Gasteiger partial charge in [-0.1, -0.05) is 0 Å². The van der Waals surface area contributed by atoms with Crippen LogP contribution in [0.5, 0.6) is 0 Å². The molecule has 0 amide bonds. The van der Waals surface area contributed by atoms with Gasteiger partial charge in [0, 0.05) is 19.1 Å². The first-order chi connectivity index (χ1) is 12.1. The largest absolute Gasteiger partial charge is 0.465 e. The van der Waals surface area contributed by atoms with Crippen LogP contribution in [0.25, 0.3) is 16.7 Å². The van der Waals surface area contributed by atoms with E-state index in [2.05, 4.69) is 15.2 Å². The number of ether oxygens (including phenoxy) is 2. The number of aryl methyl sites for hydroxylation is 1. The monoisotopic (exact) mass is 342 g/mol. The molecule has 3 aromatic rings. The standard InChI is InChI=1S/C17H18N4O4/c1-9-7-12-13(8-11(9)17(23)24-2)21-14(10-3-5-25-6-4-10)19-20-15(21)16(22)18-12/h7-8,10H,3-6H2,1-2H3,(H,18,22). The van der Waals surface area contributed by atoms with Crippen molar-refractivity contribution in [2.75, 3.05) is 20.3 Å². The smallest absolute Gasteiger partial charge is 0.338 e. The Morgan fingerprint density at radius 1 is 1.32 bits per heavy atom. The van der Waals surface area contributed by atoms with Crippen LogP contribution in [0.15, 0.2) is 16.9 Å². The van der Waals surface area contributed by atoms with Crippen molar-refractivity contribution in [2.45, 2.75) is 25.7 Å². The fourth-order valence-corrected chi connectivity index (χ4v) is 3.39. The Morgan fingerprint density at radius 3 is 2.80 bits per heavy atom. The molecular weight excluding hydrogens is 324 g/mol. The number of nitrogens with one attached hydrogen (secondary N) is 1. The second kappa shape index (κ2) is 5.96. The molecule has 0 spiro atoms. The highest BCUT2D eigenvalue weighted by atomic mass is 16.5. The minimum atomic E-state index is -0.417. The summed E-state index contributed by atoms with van der Waals surface area (Å²) in [6.07, 6.45) is 1.65. The van der Waals surface area contributed by atoms with Gasteiger partial charge in [0.25, 0.3) is 5.56 Å². The lowest BCUT2D eigenvalue weighted by Crippen LogP contribution is -2.18. The summed E-state index contributed by atoms with van der Waals surface area (Å²) in [6.45, 7) is 3.13. The van der Waals surface area contributed by atoms with Gasteiger partial charge in [-0.2, -0.15) is 0 Å². The van der Waals surface area contributed by atoms with Crippen LogP contribution < -0.4 is 5.56 Å². The molecule has 1 N–H and O–H groups in total. The number of benzene rings is 1. The molecule has 0 saturated carbocycles. The third-order valence-corrected chi connectivity index (χ3v) is 4.71.